The molecular formula is C53H96O5. The molecule has 0 rings (SSSR count). The van der Waals surface area contributed by atoms with Gasteiger partial charge in [-0.05, 0) is 83.5 Å². The Labute approximate surface area is 361 Å². The molecule has 5 nitrogen and oxygen atoms in total. The fourth-order valence-corrected chi connectivity index (χ4v) is 7.04. The lowest BCUT2D eigenvalue weighted by Crippen LogP contribution is -2.30. The monoisotopic (exact) mass is 813 g/mol. The number of unbranched alkanes of at least 4 members (excludes halogenated alkanes) is 27. The van der Waals surface area contributed by atoms with Gasteiger partial charge in [-0.15, -0.1) is 0 Å². The second-order valence-electron chi connectivity index (χ2n) is 16.7. The molecule has 0 aromatic carbocycles. The smallest absolute Gasteiger partial charge is 0.306 e. The van der Waals surface area contributed by atoms with Crippen molar-refractivity contribution in [3.05, 3.63) is 48.6 Å². The van der Waals surface area contributed by atoms with Crippen LogP contribution in [-0.2, 0) is 23.8 Å². The molecule has 0 spiro atoms. The molecule has 1 unspecified atom stereocenters. The molecule has 58 heavy (non-hydrogen) atoms. The minimum atomic E-state index is -0.535. The molecule has 0 N–H and O–H groups in total. The summed E-state index contributed by atoms with van der Waals surface area (Å²) in [5.74, 6) is -0.411. The molecule has 0 fully saturated rings. The van der Waals surface area contributed by atoms with Crippen molar-refractivity contribution in [2.75, 3.05) is 19.8 Å². The number of rotatable bonds is 46. The first kappa shape index (κ1) is 55.9. The fraction of sp³-hybridized carbons (Fsp3) is 0.811. The molecule has 0 aromatic heterocycles. The first-order chi connectivity index (χ1) is 28.6. The number of carbonyl (C=O) groups excluding carboxylic acids is 2. The Morgan fingerprint density at radius 3 is 1.17 bits per heavy atom. The van der Waals surface area contributed by atoms with Crippen LogP contribution in [0.4, 0.5) is 0 Å². The van der Waals surface area contributed by atoms with E-state index < -0.39 is 6.10 Å². The zero-order valence-electron chi connectivity index (χ0n) is 38.8. The molecular weight excluding hydrogens is 717 g/mol. The number of allylic oxidation sites excluding steroid dienone is 8. The van der Waals surface area contributed by atoms with Crippen molar-refractivity contribution >= 4 is 11.9 Å². The lowest BCUT2D eigenvalue weighted by Gasteiger charge is -2.18. The Bertz CT molecular complexity index is 966. The first-order valence-corrected chi connectivity index (χ1v) is 25.2. The van der Waals surface area contributed by atoms with Crippen LogP contribution < -0.4 is 0 Å². The average molecular weight is 813 g/mol. The molecule has 5 heteroatoms. The summed E-state index contributed by atoms with van der Waals surface area (Å²) in [5, 5.41) is 0. The SMILES string of the molecule is CCCCC/C=C\C/C=C\CCCCCCCCCCCC(=O)OCC(COCCCCCCCCCC/C=C\C/C=C\CCCCC)OC(=O)CCCCCCC. The van der Waals surface area contributed by atoms with Gasteiger partial charge >= 0.3 is 11.9 Å². The maximum atomic E-state index is 12.6. The zero-order chi connectivity index (χ0) is 42.1. The molecule has 0 aliphatic carbocycles. The predicted molar refractivity (Wildman–Crippen MR) is 251 cm³/mol. The van der Waals surface area contributed by atoms with Gasteiger partial charge in [-0.1, -0.05) is 204 Å². The minimum Gasteiger partial charge on any atom is -0.462 e. The zero-order valence-corrected chi connectivity index (χ0v) is 38.8. The molecule has 0 aliphatic heterocycles. The quantitative estimate of drug-likeness (QED) is 0.0348. The highest BCUT2D eigenvalue weighted by Gasteiger charge is 2.17. The molecule has 0 amide bonds. The van der Waals surface area contributed by atoms with Crippen LogP contribution in [0.3, 0.4) is 0 Å². The van der Waals surface area contributed by atoms with E-state index in [1.165, 1.54) is 161 Å². The number of esters is 2. The Morgan fingerprint density at radius 2 is 0.724 bits per heavy atom. The second kappa shape index (κ2) is 49.2. The first-order valence-electron chi connectivity index (χ1n) is 25.2. The van der Waals surface area contributed by atoms with Crippen molar-refractivity contribution in [3.8, 4) is 0 Å². The molecule has 0 bridgehead atoms. The normalized spacial score (nSPS) is 12.5. The van der Waals surface area contributed by atoms with Crippen LogP contribution >= 0.6 is 0 Å². The third-order valence-electron chi connectivity index (χ3n) is 10.8. The molecule has 0 saturated heterocycles. The minimum absolute atomic E-state index is 0.0817. The molecule has 0 saturated carbocycles. The molecule has 0 heterocycles. The van der Waals surface area contributed by atoms with Gasteiger partial charge in [0, 0.05) is 19.4 Å². The molecule has 338 valence electrons. The van der Waals surface area contributed by atoms with Crippen molar-refractivity contribution in [1.29, 1.82) is 0 Å². The number of ether oxygens (including phenoxy) is 3. The van der Waals surface area contributed by atoms with Gasteiger partial charge in [-0.25, -0.2) is 0 Å². The van der Waals surface area contributed by atoms with Crippen LogP contribution in [0.1, 0.15) is 252 Å². The van der Waals surface area contributed by atoms with Gasteiger partial charge in [0.05, 0.1) is 6.61 Å². The van der Waals surface area contributed by atoms with Crippen LogP contribution in [0.15, 0.2) is 48.6 Å². The molecule has 0 aliphatic rings. The van der Waals surface area contributed by atoms with E-state index in [4.69, 9.17) is 14.2 Å². The number of carbonyl (C=O) groups is 2. The van der Waals surface area contributed by atoms with Crippen molar-refractivity contribution in [1.82, 2.24) is 0 Å². The van der Waals surface area contributed by atoms with E-state index in [0.29, 0.717) is 19.4 Å². The topological polar surface area (TPSA) is 61.8 Å². The van der Waals surface area contributed by atoms with Crippen LogP contribution in [-0.4, -0.2) is 37.9 Å². The van der Waals surface area contributed by atoms with Crippen LogP contribution in [0.25, 0.3) is 0 Å². The van der Waals surface area contributed by atoms with E-state index in [9.17, 15) is 9.59 Å². The summed E-state index contributed by atoms with van der Waals surface area (Å²) < 4.78 is 17.3. The van der Waals surface area contributed by atoms with E-state index in [2.05, 4.69) is 69.4 Å². The number of hydrogen-bond donors (Lipinski definition) is 0. The van der Waals surface area contributed by atoms with Crippen molar-refractivity contribution in [3.63, 3.8) is 0 Å². The molecule has 1 atom stereocenters. The average Bonchev–Trinajstić information content (AvgIpc) is 3.22. The van der Waals surface area contributed by atoms with E-state index in [0.717, 1.165) is 57.8 Å². The van der Waals surface area contributed by atoms with Crippen molar-refractivity contribution < 1.29 is 23.8 Å². The van der Waals surface area contributed by atoms with E-state index in [1.54, 1.807) is 0 Å². The summed E-state index contributed by atoms with van der Waals surface area (Å²) in [5.41, 5.74) is 0. The van der Waals surface area contributed by atoms with Gasteiger partial charge in [0.15, 0.2) is 6.10 Å². The highest BCUT2D eigenvalue weighted by molar-refractivity contribution is 5.70. The van der Waals surface area contributed by atoms with Crippen molar-refractivity contribution in [2.24, 2.45) is 0 Å². The van der Waals surface area contributed by atoms with Gasteiger partial charge in [-0.3, -0.25) is 9.59 Å². The molecule has 0 aromatic rings. The third kappa shape index (κ3) is 46.5. The summed E-state index contributed by atoms with van der Waals surface area (Å²) >= 11 is 0. The Kier molecular flexibility index (Phi) is 47.4. The Balaban J connectivity index is 4.01. The van der Waals surface area contributed by atoms with Gasteiger partial charge in [0.1, 0.15) is 6.61 Å². The van der Waals surface area contributed by atoms with E-state index in [-0.39, 0.29) is 25.2 Å². The van der Waals surface area contributed by atoms with Gasteiger partial charge in [-0.2, -0.15) is 0 Å². The third-order valence-corrected chi connectivity index (χ3v) is 10.8. The van der Waals surface area contributed by atoms with Crippen molar-refractivity contribution in [2.45, 2.75) is 258 Å². The summed E-state index contributed by atoms with van der Waals surface area (Å²) in [4.78, 5) is 25.1. The number of hydrogen-bond acceptors (Lipinski definition) is 5. The highest BCUT2D eigenvalue weighted by atomic mass is 16.6. The van der Waals surface area contributed by atoms with Gasteiger partial charge < -0.3 is 14.2 Å². The molecule has 0 radical (unpaired) electrons. The standard InChI is InChI=1S/C53H96O5/c1-4-7-10-13-15-17-19-21-23-25-27-28-30-32-34-36-38-41-43-46-52(54)57-50-51(58-53(55)47-44-40-12-9-6-3)49-56-48-45-42-39-37-35-33-31-29-26-24-22-20-18-16-14-11-8-5-2/h15-18,21-24,51H,4-14,19-20,25-50H2,1-3H3/b17-15-,18-16-,23-21-,24-22-. The summed E-state index contributed by atoms with van der Waals surface area (Å²) in [6.45, 7) is 7.71. The lowest BCUT2D eigenvalue weighted by molar-refractivity contribution is -0.163. The Hall–Kier alpha value is -2.14. The van der Waals surface area contributed by atoms with Crippen LogP contribution in [0.2, 0.25) is 0 Å². The van der Waals surface area contributed by atoms with Gasteiger partial charge in [0.2, 0.25) is 0 Å². The van der Waals surface area contributed by atoms with Crippen LogP contribution in [0.5, 0.6) is 0 Å². The summed E-state index contributed by atoms with van der Waals surface area (Å²) in [6.07, 6.45) is 60.0. The highest BCUT2D eigenvalue weighted by Crippen LogP contribution is 2.14. The lowest BCUT2D eigenvalue weighted by atomic mass is 10.1. The maximum Gasteiger partial charge on any atom is 0.306 e. The summed E-state index contributed by atoms with van der Waals surface area (Å²) in [6, 6.07) is 0. The van der Waals surface area contributed by atoms with E-state index in [1.807, 2.05) is 0 Å². The van der Waals surface area contributed by atoms with Crippen LogP contribution in [0, 0.1) is 0 Å². The second-order valence-corrected chi connectivity index (χ2v) is 16.7. The summed E-state index contributed by atoms with van der Waals surface area (Å²) in [7, 11) is 0. The fourth-order valence-electron chi connectivity index (χ4n) is 7.04. The van der Waals surface area contributed by atoms with E-state index >= 15 is 0 Å². The van der Waals surface area contributed by atoms with Gasteiger partial charge in [0.25, 0.3) is 0 Å². The largest absolute Gasteiger partial charge is 0.462 e. The Morgan fingerprint density at radius 1 is 0.379 bits per heavy atom. The maximum absolute atomic E-state index is 12.6. The predicted octanol–water partition coefficient (Wildman–Crippen LogP) is 16.8.